The maximum atomic E-state index is 5.98. The van der Waals surface area contributed by atoms with Crippen LogP contribution in [0.3, 0.4) is 0 Å². The molecular weight excluding hydrogens is 198 g/mol. The Kier molecular flexibility index (Phi) is 5.26. The van der Waals surface area contributed by atoms with Gasteiger partial charge in [0.25, 0.3) is 0 Å². The van der Waals surface area contributed by atoms with Gasteiger partial charge in [0.15, 0.2) is 0 Å². The molecule has 0 aliphatic heterocycles. The predicted molar refractivity (Wildman–Crippen MR) is 69.7 cm³/mol. The summed E-state index contributed by atoms with van der Waals surface area (Å²) in [6.07, 6.45) is 4.13. The van der Waals surface area contributed by atoms with Crippen molar-refractivity contribution in [3.63, 3.8) is 0 Å². The van der Waals surface area contributed by atoms with Gasteiger partial charge >= 0.3 is 0 Å². The lowest BCUT2D eigenvalue weighted by atomic mass is 9.64. The monoisotopic (exact) mass is 227 g/mol. The molecule has 2 atom stereocenters. The third-order valence-corrected chi connectivity index (χ3v) is 3.87. The minimum absolute atomic E-state index is 0.313. The minimum Gasteiger partial charge on any atom is -0.378 e. The Balaban J connectivity index is 2.16. The van der Waals surface area contributed by atoms with Crippen LogP contribution in [0.1, 0.15) is 53.9 Å². The van der Waals surface area contributed by atoms with E-state index >= 15 is 0 Å². The first-order valence-corrected chi connectivity index (χ1v) is 6.83. The van der Waals surface area contributed by atoms with Crippen LogP contribution in [0.15, 0.2) is 0 Å². The summed E-state index contributed by atoms with van der Waals surface area (Å²) in [6.45, 7) is 13.4. The van der Waals surface area contributed by atoms with Crippen molar-refractivity contribution in [1.29, 1.82) is 0 Å². The van der Waals surface area contributed by atoms with E-state index < -0.39 is 0 Å². The summed E-state index contributed by atoms with van der Waals surface area (Å²) in [5.74, 6) is 0.799. The average molecular weight is 227 g/mol. The average Bonchev–Trinajstić information content (AvgIpc) is 2.20. The molecule has 0 bridgehead atoms. The summed E-state index contributed by atoms with van der Waals surface area (Å²) in [7, 11) is 0. The number of nitrogens with one attached hydrogen (secondary N) is 1. The Morgan fingerprint density at radius 3 is 2.56 bits per heavy atom. The van der Waals surface area contributed by atoms with Crippen LogP contribution in [0.2, 0.25) is 0 Å². The molecule has 0 aromatic carbocycles. The van der Waals surface area contributed by atoms with E-state index in [0.717, 1.165) is 19.1 Å². The Labute approximate surface area is 101 Å². The molecule has 2 nitrogen and oxygen atoms in total. The van der Waals surface area contributed by atoms with Crippen molar-refractivity contribution in [2.45, 2.75) is 66.0 Å². The molecule has 0 heterocycles. The minimum atomic E-state index is 0.313. The van der Waals surface area contributed by atoms with E-state index in [1.165, 1.54) is 19.3 Å². The second-order valence-corrected chi connectivity index (χ2v) is 6.06. The summed E-state index contributed by atoms with van der Waals surface area (Å²) in [5, 5.41) is 3.53. The molecular formula is C14H29NO. The molecule has 0 amide bonds. The van der Waals surface area contributed by atoms with E-state index in [1.807, 2.05) is 0 Å². The van der Waals surface area contributed by atoms with E-state index in [9.17, 15) is 0 Å². The molecule has 1 N–H and O–H groups in total. The highest BCUT2D eigenvalue weighted by Crippen LogP contribution is 2.42. The maximum absolute atomic E-state index is 5.98. The third kappa shape index (κ3) is 3.46. The summed E-state index contributed by atoms with van der Waals surface area (Å²) in [6, 6.07) is 0.646. The second-order valence-electron chi connectivity index (χ2n) is 6.06. The highest BCUT2D eigenvalue weighted by Gasteiger charge is 2.48. The molecule has 1 fully saturated rings. The van der Waals surface area contributed by atoms with E-state index in [1.54, 1.807) is 0 Å². The topological polar surface area (TPSA) is 21.3 Å². The molecule has 1 aliphatic carbocycles. The molecule has 1 aliphatic rings. The van der Waals surface area contributed by atoms with Gasteiger partial charge in [0.2, 0.25) is 0 Å². The van der Waals surface area contributed by atoms with Crippen molar-refractivity contribution >= 4 is 0 Å². The van der Waals surface area contributed by atoms with Crippen molar-refractivity contribution in [2.24, 2.45) is 11.3 Å². The third-order valence-electron chi connectivity index (χ3n) is 3.87. The van der Waals surface area contributed by atoms with Gasteiger partial charge in [-0.2, -0.15) is 0 Å². The lowest BCUT2D eigenvalue weighted by molar-refractivity contribution is -0.118. The molecule has 1 saturated carbocycles. The standard InChI is InChI=1S/C14H29NO/c1-6-15-12-10-13(14(12,4)5)16-9-7-8-11(2)3/h11-13,15H,6-10H2,1-5H3. The lowest BCUT2D eigenvalue weighted by Crippen LogP contribution is -2.60. The quantitative estimate of drug-likeness (QED) is 0.674. The number of rotatable bonds is 7. The summed E-state index contributed by atoms with van der Waals surface area (Å²) >= 11 is 0. The second kappa shape index (κ2) is 6.02. The van der Waals surface area contributed by atoms with Gasteiger partial charge in [-0.15, -0.1) is 0 Å². The fraction of sp³-hybridized carbons (Fsp3) is 1.00. The first-order chi connectivity index (χ1) is 7.48. The van der Waals surface area contributed by atoms with Crippen molar-refractivity contribution in [3.05, 3.63) is 0 Å². The maximum Gasteiger partial charge on any atom is 0.0655 e. The highest BCUT2D eigenvalue weighted by molar-refractivity contribution is 5.02. The van der Waals surface area contributed by atoms with Gasteiger partial charge in [-0.05, 0) is 31.7 Å². The van der Waals surface area contributed by atoms with E-state index in [4.69, 9.17) is 4.74 Å². The highest BCUT2D eigenvalue weighted by atomic mass is 16.5. The van der Waals surface area contributed by atoms with Crippen molar-refractivity contribution in [1.82, 2.24) is 5.32 Å². The van der Waals surface area contributed by atoms with E-state index in [-0.39, 0.29) is 0 Å². The normalized spacial score (nSPS) is 28.1. The zero-order valence-electron chi connectivity index (χ0n) is 11.7. The van der Waals surface area contributed by atoms with Crippen LogP contribution >= 0.6 is 0 Å². The van der Waals surface area contributed by atoms with E-state index in [2.05, 4.69) is 39.9 Å². The van der Waals surface area contributed by atoms with Gasteiger partial charge < -0.3 is 10.1 Å². The molecule has 1 rings (SSSR count). The molecule has 0 spiro atoms. The predicted octanol–water partition coefficient (Wildman–Crippen LogP) is 3.22. The smallest absolute Gasteiger partial charge is 0.0655 e. The van der Waals surface area contributed by atoms with Crippen LogP contribution in [0, 0.1) is 11.3 Å². The molecule has 16 heavy (non-hydrogen) atoms. The van der Waals surface area contributed by atoms with Gasteiger partial charge in [-0.3, -0.25) is 0 Å². The van der Waals surface area contributed by atoms with Crippen LogP contribution in [0.5, 0.6) is 0 Å². The summed E-state index contributed by atoms with van der Waals surface area (Å²) < 4.78 is 5.98. The lowest BCUT2D eigenvalue weighted by Gasteiger charge is -2.52. The van der Waals surface area contributed by atoms with Crippen molar-refractivity contribution in [3.8, 4) is 0 Å². The molecule has 2 unspecified atom stereocenters. The van der Waals surface area contributed by atoms with Crippen LogP contribution in [0.25, 0.3) is 0 Å². The van der Waals surface area contributed by atoms with Crippen LogP contribution < -0.4 is 5.32 Å². The largest absolute Gasteiger partial charge is 0.378 e. The zero-order valence-corrected chi connectivity index (χ0v) is 11.7. The molecule has 96 valence electrons. The fourth-order valence-corrected chi connectivity index (χ4v) is 2.48. The van der Waals surface area contributed by atoms with E-state index in [0.29, 0.717) is 17.6 Å². The Bertz CT molecular complexity index is 201. The first-order valence-electron chi connectivity index (χ1n) is 6.83. The van der Waals surface area contributed by atoms with Crippen LogP contribution in [0.4, 0.5) is 0 Å². The first kappa shape index (κ1) is 14.0. The molecule has 0 saturated heterocycles. The fourth-order valence-electron chi connectivity index (χ4n) is 2.48. The van der Waals surface area contributed by atoms with Gasteiger partial charge in [0, 0.05) is 18.1 Å². The van der Waals surface area contributed by atoms with Crippen LogP contribution in [-0.2, 0) is 4.74 Å². The van der Waals surface area contributed by atoms with Gasteiger partial charge in [-0.1, -0.05) is 34.6 Å². The van der Waals surface area contributed by atoms with Crippen molar-refractivity contribution in [2.75, 3.05) is 13.2 Å². The number of hydrogen-bond acceptors (Lipinski definition) is 2. The zero-order chi connectivity index (χ0) is 12.2. The van der Waals surface area contributed by atoms with Crippen molar-refractivity contribution < 1.29 is 4.74 Å². The van der Waals surface area contributed by atoms with Gasteiger partial charge in [-0.25, -0.2) is 0 Å². The Hall–Kier alpha value is -0.0800. The SMILES string of the molecule is CCNC1CC(OCCCC(C)C)C1(C)C. The number of ether oxygens (including phenoxy) is 1. The molecule has 2 heteroatoms. The van der Waals surface area contributed by atoms with Gasteiger partial charge in [0.1, 0.15) is 0 Å². The molecule has 0 aromatic heterocycles. The summed E-state index contributed by atoms with van der Waals surface area (Å²) in [4.78, 5) is 0. The Morgan fingerprint density at radius 1 is 1.38 bits per heavy atom. The molecule has 0 radical (unpaired) electrons. The number of hydrogen-bond donors (Lipinski definition) is 1. The Morgan fingerprint density at radius 2 is 2.06 bits per heavy atom. The van der Waals surface area contributed by atoms with Crippen LogP contribution in [-0.4, -0.2) is 25.3 Å². The summed E-state index contributed by atoms with van der Waals surface area (Å²) in [5.41, 5.74) is 0.313. The van der Waals surface area contributed by atoms with Gasteiger partial charge in [0.05, 0.1) is 6.10 Å². The molecule has 0 aromatic rings.